The molecule has 0 spiro atoms. The molecule has 0 aliphatic rings. The van der Waals surface area contributed by atoms with E-state index in [1.165, 1.54) is 0 Å². The summed E-state index contributed by atoms with van der Waals surface area (Å²) >= 11 is 0. The van der Waals surface area contributed by atoms with Gasteiger partial charge in [-0.25, -0.2) is 15.0 Å². The van der Waals surface area contributed by atoms with Crippen molar-refractivity contribution < 1.29 is 33.4 Å². The SMILES string of the molecule is CCOC(=O)CCCCC(=O)N(NC(=O)OC(C)C)C(=O)OC(C)C. The van der Waals surface area contributed by atoms with Gasteiger partial charge in [-0.15, -0.1) is 5.01 Å². The molecule has 0 fully saturated rings. The van der Waals surface area contributed by atoms with Gasteiger partial charge in [-0.2, -0.15) is 0 Å². The van der Waals surface area contributed by atoms with Gasteiger partial charge in [-0.1, -0.05) is 0 Å². The van der Waals surface area contributed by atoms with Crippen LogP contribution < -0.4 is 5.43 Å². The van der Waals surface area contributed by atoms with Crippen LogP contribution in [0.4, 0.5) is 9.59 Å². The molecule has 0 atom stereocenters. The number of hydrogen-bond acceptors (Lipinski definition) is 7. The van der Waals surface area contributed by atoms with Crippen molar-refractivity contribution in [1.29, 1.82) is 0 Å². The smallest absolute Gasteiger partial charge is 0.436 e. The summed E-state index contributed by atoms with van der Waals surface area (Å²) in [5.74, 6) is -1.00. The maximum atomic E-state index is 12.2. The van der Waals surface area contributed by atoms with Crippen LogP contribution in [0.25, 0.3) is 0 Å². The van der Waals surface area contributed by atoms with E-state index in [0.717, 1.165) is 0 Å². The van der Waals surface area contributed by atoms with Crippen LogP contribution in [0.1, 0.15) is 60.3 Å². The number of hydrogen-bond donors (Lipinski definition) is 1. The van der Waals surface area contributed by atoms with Crippen molar-refractivity contribution in [3.05, 3.63) is 0 Å². The first-order chi connectivity index (χ1) is 11.7. The van der Waals surface area contributed by atoms with Gasteiger partial charge >= 0.3 is 18.2 Å². The number of imide groups is 1. The first-order valence-corrected chi connectivity index (χ1v) is 8.33. The van der Waals surface area contributed by atoms with E-state index in [1.807, 2.05) is 0 Å². The van der Waals surface area contributed by atoms with E-state index < -0.39 is 30.3 Å². The second-order valence-electron chi connectivity index (χ2n) is 5.74. The van der Waals surface area contributed by atoms with Crippen LogP contribution >= 0.6 is 0 Å². The molecule has 0 saturated carbocycles. The number of nitrogens with one attached hydrogen (secondary N) is 1. The molecule has 0 aliphatic heterocycles. The summed E-state index contributed by atoms with van der Waals surface area (Å²) in [6.07, 6.45) is -1.90. The Labute approximate surface area is 147 Å². The molecule has 9 heteroatoms. The first-order valence-electron chi connectivity index (χ1n) is 8.33. The third-order valence-corrected chi connectivity index (χ3v) is 2.64. The van der Waals surface area contributed by atoms with Crippen molar-refractivity contribution in [2.45, 2.75) is 72.5 Å². The molecule has 0 rings (SSSR count). The van der Waals surface area contributed by atoms with E-state index in [0.29, 0.717) is 24.5 Å². The van der Waals surface area contributed by atoms with E-state index in [4.69, 9.17) is 14.2 Å². The predicted molar refractivity (Wildman–Crippen MR) is 88.3 cm³/mol. The second kappa shape index (κ2) is 12.1. The summed E-state index contributed by atoms with van der Waals surface area (Å²) in [5, 5.41) is 0.495. The average molecular weight is 360 g/mol. The van der Waals surface area contributed by atoms with Crippen molar-refractivity contribution >= 4 is 24.1 Å². The topological polar surface area (TPSA) is 111 Å². The van der Waals surface area contributed by atoms with Gasteiger partial charge in [0.2, 0.25) is 0 Å². The van der Waals surface area contributed by atoms with Gasteiger partial charge in [0.25, 0.3) is 5.91 Å². The van der Waals surface area contributed by atoms with Crippen LogP contribution in [0, 0.1) is 0 Å². The Hall–Kier alpha value is -2.32. The Bertz CT molecular complexity index is 463. The summed E-state index contributed by atoms with van der Waals surface area (Å²) in [7, 11) is 0. The molecular formula is C16H28N2O7. The van der Waals surface area contributed by atoms with Gasteiger partial charge in [0.05, 0.1) is 18.8 Å². The Morgan fingerprint density at radius 1 is 0.920 bits per heavy atom. The third-order valence-electron chi connectivity index (χ3n) is 2.64. The van der Waals surface area contributed by atoms with E-state index in [-0.39, 0.29) is 18.8 Å². The lowest BCUT2D eigenvalue weighted by Gasteiger charge is -2.22. The highest BCUT2D eigenvalue weighted by Crippen LogP contribution is 2.06. The zero-order chi connectivity index (χ0) is 19.4. The number of carbonyl (C=O) groups excluding carboxylic acids is 4. The summed E-state index contributed by atoms with van der Waals surface area (Å²) in [4.78, 5) is 47.1. The molecule has 0 radical (unpaired) electrons. The van der Waals surface area contributed by atoms with Crippen LogP contribution in [-0.4, -0.2) is 47.9 Å². The van der Waals surface area contributed by atoms with Crippen LogP contribution in [0.2, 0.25) is 0 Å². The molecule has 0 bridgehead atoms. The van der Waals surface area contributed by atoms with Gasteiger partial charge in [0, 0.05) is 12.8 Å². The van der Waals surface area contributed by atoms with Gasteiger partial charge in [0.1, 0.15) is 0 Å². The van der Waals surface area contributed by atoms with E-state index >= 15 is 0 Å². The fourth-order valence-electron chi connectivity index (χ4n) is 1.69. The molecule has 3 amide bonds. The molecule has 0 aromatic rings. The monoisotopic (exact) mass is 360 g/mol. The van der Waals surface area contributed by atoms with Gasteiger partial charge < -0.3 is 14.2 Å². The Morgan fingerprint density at radius 3 is 2.00 bits per heavy atom. The fourth-order valence-corrected chi connectivity index (χ4v) is 1.69. The minimum atomic E-state index is -0.994. The Kier molecular flexibility index (Phi) is 11.0. The van der Waals surface area contributed by atoms with Crippen LogP contribution in [-0.2, 0) is 23.8 Å². The number of esters is 1. The van der Waals surface area contributed by atoms with Crippen molar-refractivity contribution in [2.75, 3.05) is 6.61 Å². The highest BCUT2D eigenvalue weighted by Gasteiger charge is 2.26. The fraction of sp³-hybridized carbons (Fsp3) is 0.750. The minimum absolute atomic E-state index is 0.0471. The average Bonchev–Trinajstić information content (AvgIpc) is 2.47. The molecule has 144 valence electrons. The maximum absolute atomic E-state index is 12.2. The van der Waals surface area contributed by atoms with Crippen LogP contribution in [0.3, 0.4) is 0 Å². The van der Waals surface area contributed by atoms with Gasteiger partial charge in [0.15, 0.2) is 0 Å². The number of rotatable bonds is 8. The van der Waals surface area contributed by atoms with Crippen molar-refractivity contribution in [1.82, 2.24) is 10.4 Å². The standard InChI is InChI=1S/C16H28N2O7/c1-6-23-14(20)10-8-7-9-13(19)18(16(22)25-12(4)5)17-15(21)24-11(2)3/h11-12H,6-10H2,1-5H3,(H,17,21). The summed E-state index contributed by atoms with van der Waals surface area (Å²) in [5.41, 5.74) is 2.08. The van der Waals surface area contributed by atoms with Crippen LogP contribution in [0.5, 0.6) is 0 Å². The van der Waals surface area contributed by atoms with Gasteiger partial charge in [-0.05, 0) is 47.5 Å². The molecule has 0 heterocycles. The predicted octanol–water partition coefficient (Wildman–Crippen LogP) is 2.53. The largest absolute Gasteiger partial charge is 0.466 e. The summed E-state index contributed by atoms with van der Waals surface area (Å²) in [6.45, 7) is 8.51. The van der Waals surface area contributed by atoms with Gasteiger partial charge in [-0.3, -0.25) is 9.59 Å². The lowest BCUT2D eigenvalue weighted by atomic mass is 10.2. The van der Waals surface area contributed by atoms with Crippen molar-refractivity contribution in [3.8, 4) is 0 Å². The van der Waals surface area contributed by atoms with Crippen molar-refractivity contribution in [3.63, 3.8) is 0 Å². The minimum Gasteiger partial charge on any atom is -0.466 e. The molecule has 25 heavy (non-hydrogen) atoms. The van der Waals surface area contributed by atoms with E-state index in [2.05, 4.69) is 5.43 Å². The molecular weight excluding hydrogens is 332 g/mol. The normalized spacial score (nSPS) is 10.4. The molecule has 1 N–H and O–H groups in total. The quantitative estimate of drug-likeness (QED) is 0.306. The van der Waals surface area contributed by atoms with Crippen molar-refractivity contribution in [2.24, 2.45) is 0 Å². The zero-order valence-electron chi connectivity index (χ0n) is 15.5. The number of nitrogens with zero attached hydrogens (tertiary/aromatic N) is 1. The molecule has 9 nitrogen and oxygen atoms in total. The molecule has 0 aromatic carbocycles. The molecule has 0 unspecified atom stereocenters. The lowest BCUT2D eigenvalue weighted by molar-refractivity contribution is -0.143. The highest BCUT2D eigenvalue weighted by atomic mass is 16.6. The van der Waals surface area contributed by atoms with Crippen LogP contribution in [0.15, 0.2) is 0 Å². The van der Waals surface area contributed by atoms with E-state index in [1.54, 1.807) is 34.6 Å². The Morgan fingerprint density at radius 2 is 1.48 bits per heavy atom. The lowest BCUT2D eigenvalue weighted by Crippen LogP contribution is -2.51. The zero-order valence-corrected chi connectivity index (χ0v) is 15.5. The highest BCUT2D eigenvalue weighted by molar-refractivity contribution is 5.93. The Balaban J connectivity index is 4.61. The summed E-state index contributed by atoms with van der Waals surface area (Å²) in [6, 6.07) is 0. The number of ether oxygens (including phenoxy) is 3. The van der Waals surface area contributed by atoms with E-state index in [9.17, 15) is 19.2 Å². The molecule has 0 aromatic heterocycles. The number of amides is 3. The number of hydrazine groups is 1. The number of unbranched alkanes of at least 4 members (excludes halogenated alkanes) is 1. The molecule has 0 saturated heterocycles. The summed E-state index contributed by atoms with van der Waals surface area (Å²) < 4.78 is 14.6. The maximum Gasteiger partial charge on any atom is 0.436 e. The third kappa shape index (κ3) is 11.0. The second-order valence-corrected chi connectivity index (χ2v) is 5.74. The first kappa shape index (κ1) is 22.7. The molecule has 0 aliphatic carbocycles. The number of carbonyl (C=O) groups is 4.